The van der Waals surface area contributed by atoms with Crippen LogP contribution in [0.15, 0.2) is 30.3 Å². The fourth-order valence-corrected chi connectivity index (χ4v) is 3.85. The van der Waals surface area contributed by atoms with Crippen LogP contribution in [-0.4, -0.2) is 42.1 Å². The molecule has 2 N–H and O–H groups in total. The fraction of sp³-hybridized carbons (Fsp3) is 0.353. The number of anilines is 2. The van der Waals surface area contributed by atoms with Crippen molar-refractivity contribution in [1.82, 2.24) is 9.88 Å². The molecule has 0 aliphatic carbocycles. The third kappa shape index (κ3) is 2.44. The summed E-state index contributed by atoms with van der Waals surface area (Å²) < 4.78 is 14.0. The lowest BCUT2D eigenvalue weighted by Gasteiger charge is -2.33. The number of hydrogen-bond donors (Lipinski definition) is 1. The number of hydrogen-bond acceptors (Lipinski definition) is 4. The monoisotopic (exact) mass is 332 g/mol. The second kappa shape index (κ2) is 5.35. The van der Waals surface area contributed by atoms with Crippen molar-refractivity contribution in [1.29, 1.82) is 0 Å². The van der Waals surface area contributed by atoms with Crippen LogP contribution in [0.2, 0.25) is 5.02 Å². The van der Waals surface area contributed by atoms with E-state index in [1.807, 2.05) is 24.3 Å². The molecule has 2 saturated heterocycles. The van der Waals surface area contributed by atoms with Crippen LogP contribution in [0.4, 0.5) is 15.9 Å². The van der Waals surface area contributed by atoms with Gasteiger partial charge in [-0.05, 0) is 37.2 Å². The molecule has 2 aliphatic heterocycles. The van der Waals surface area contributed by atoms with Crippen molar-refractivity contribution in [3.63, 3.8) is 0 Å². The van der Waals surface area contributed by atoms with Crippen LogP contribution in [0.25, 0.3) is 11.1 Å². The average molecular weight is 333 g/mol. The Morgan fingerprint density at radius 3 is 2.57 bits per heavy atom. The minimum atomic E-state index is -0.596. The first-order valence-electron chi connectivity index (χ1n) is 7.72. The van der Waals surface area contributed by atoms with E-state index >= 15 is 0 Å². The Morgan fingerprint density at radius 2 is 1.96 bits per heavy atom. The van der Waals surface area contributed by atoms with Gasteiger partial charge < -0.3 is 10.6 Å². The van der Waals surface area contributed by atoms with Crippen LogP contribution in [-0.2, 0) is 0 Å². The molecule has 4 rings (SSSR count). The summed E-state index contributed by atoms with van der Waals surface area (Å²) in [4.78, 5) is 8.52. The van der Waals surface area contributed by atoms with E-state index in [4.69, 9.17) is 17.3 Å². The van der Waals surface area contributed by atoms with Crippen LogP contribution < -0.4 is 10.6 Å². The second-order valence-corrected chi connectivity index (χ2v) is 6.78. The molecule has 1 aromatic carbocycles. The number of aromatic nitrogens is 1. The van der Waals surface area contributed by atoms with Gasteiger partial charge in [-0.15, -0.1) is 0 Å². The molecule has 4 nitrogen and oxygen atoms in total. The standard InChI is InChI=1S/C17H18ClFN4/c1-22-8-13-6-12(22)9-23(13)11-4-2-10(3-5-11)14-7-15(18)17(20)21-16(14)19/h2-5,7,12-13H,6,8-9H2,1H3,(H2,20,21)/t12-,13-/m0/s1. The smallest absolute Gasteiger partial charge is 0.222 e. The Bertz CT molecular complexity index is 747. The van der Waals surface area contributed by atoms with Crippen LogP contribution in [0.3, 0.4) is 0 Å². The summed E-state index contributed by atoms with van der Waals surface area (Å²) in [6.45, 7) is 2.17. The molecular formula is C17H18ClFN4. The van der Waals surface area contributed by atoms with Gasteiger partial charge in [0, 0.05) is 36.4 Å². The molecule has 0 spiro atoms. The number of nitrogens with two attached hydrogens (primary N) is 1. The normalized spacial score (nSPS) is 23.7. The maximum Gasteiger partial charge on any atom is 0.222 e. The zero-order valence-corrected chi connectivity index (χ0v) is 13.6. The van der Waals surface area contributed by atoms with E-state index in [0.717, 1.165) is 18.7 Å². The number of fused-ring (bicyclic) bond motifs is 2. The van der Waals surface area contributed by atoms with Gasteiger partial charge >= 0.3 is 0 Å². The first-order chi connectivity index (χ1) is 11.0. The van der Waals surface area contributed by atoms with E-state index in [2.05, 4.69) is 21.8 Å². The fourth-order valence-electron chi connectivity index (χ4n) is 3.70. The van der Waals surface area contributed by atoms with Crippen molar-refractivity contribution in [2.75, 3.05) is 30.8 Å². The van der Waals surface area contributed by atoms with Crippen molar-refractivity contribution < 1.29 is 4.39 Å². The number of likely N-dealkylation sites (tertiary alicyclic amines) is 1. The van der Waals surface area contributed by atoms with Crippen molar-refractivity contribution in [2.45, 2.75) is 18.5 Å². The first kappa shape index (κ1) is 14.7. The highest BCUT2D eigenvalue weighted by Gasteiger charge is 2.41. The highest BCUT2D eigenvalue weighted by atomic mass is 35.5. The Morgan fingerprint density at radius 1 is 1.22 bits per heavy atom. The summed E-state index contributed by atoms with van der Waals surface area (Å²) in [5, 5.41) is 0.269. The second-order valence-electron chi connectivity index (χ2n) is 6.38. The molecule has 0 unspecified atom stereocenters. The summed E-state index contributed by atoms with van der Waals surface area (Å²) in [5.74, 6) is -0.580. The third-order valence-electron chi connectivity index (χ3n) is 4.98. The van der Waals surface area contributed by atoms with Gasteiger partial charge in [-0.3, -0.25) is 4.90 Å². The van der Waals surface area contributed by atoms with Crippen LogP contribution in [0, 0.1) is 5.95 Å². The van der Waals surface area contributed by atoms with Crippen molar-refractivity contribution in [3.8, 4) is 11.1 Å². The molecule has 0 radical (unpaired) electrons. The van der Waals surface area contributed by atoms with Gasteiger partial charge in [0.15, 0.2) is 0 Å². The topological polar surface area (TPSA) is 45.4 Å². The molecule has 2 atom stereocenters. The summed E-state index contributed by atoms with van der Waals surface area (Å²) in [6.07, 6.45) is 1.23. The van der Waals surface area contributed by atoms with Crippen LogP contribution in [0.5, 0.6) is 0 Å². The number of pyridine rings is 1. The van der Waals surface area contributed by atoms with Gasteiger partial charge in [-0.25, -0.2) is 4.98 Å². The quantitative estimate of drug-likeness (QED) is 0.859. The van der Waals surface area contributed by atoms with Gasteiger partial charge in [0.1, 0.15) is 5.82 Å². The molecule has 120 valence electrons. The maximum absolute atomic E-state index is 14.0. The lowest BCUT2D eigenvalue weighted by Crippen LogP contribution is -2.44. The Balaban J connectivity index is 1.61. The molecule has 0 saturated carbocycles. The van der Waals surface area contributed by atoms with E-state index < -0.39 is 5.95 Å². The maximum atomic E-state index is 14.0. The van der Waals surface area contributed by atoms with Crippen molar-refractivity contribution in [3.05, 3.63) is 41.3 Å². The number of piperazine rings is 1. The number of likely N-dealkylation sites (N-methyl/N-ethyl adjacent to an activating group) is 1. The molecule has 6 heteroatoms. The Labute approximate surface area is 139 Å². The number of nitrogens with zero attached hydrogens (tertiary/aromatic N) is 3. The van der Waals surface area contributed by atoms with Gasteiger partial charge in [0.25, 0.3) is 0 Å². The molecular weight excluding hydrogens is 315 g/mol. The lowest BCUT2D eigenvalue weighted by molar-refractivity contribution is 0.292. The number of benzene rings is 1. The average Bonchev–Trinajstić information content (AvgIpc) is 3.10. The molecule has 2 fully saturated rings. The van der Waals surface area contributed by atoms with Crippen LogP contribution >= 0.6 is 11.6 Å². The zero-order chi connectivity index (χ0) is 16.1. The molecule has 2 aromatic rings. The predicted octanol–water partition coefficient (Wildman–Crippen LogP) is 3.02. The minimum Gasteiger partial charge on any atom is -0.382 e. The highest BCUT2D eigenvalue weighted by molar-refractivity contribution is 6.33. The molecule has 3 heterocycles. The zero-order valence-electron chi connectivity index (χ0n) is 12.8. The number of halogens is 2. The highest BCUT2D eigenvalue weighted by Crippen LogP contribution is 2.35. The van der Waals surface area contributed by atoms with Crippen LogP contribution in [0.1, 0.15) is 6.42 Å². The molecule has 2 bridgehead atoms. The third-order valence-corrected chi connectivity index (χ3v) is 5.28. The van der Waals surface area contributed by atoms with Crippen molar-refractivity contribution in [2.24, 2.45) is 0 Å². The Kier molecular flexibility index (Phi) is 3.43. The summed E-state index contributed by atoms with van der Waals surface area (Å²) in [5.41, 5.74) is 7.84. The predicted molar refractivity (Wildman–Crippen MR) is 91.2 cm³/mol. The van der Waals surface area contributed by atoms with Gasteiger partial charge in [0.05, 0.1) is 5.02 Å². The van der Waals surface area contributed by atoms with E-state index in [1.165, 1.54) is 18.2 Å². The van der Waals surface area contributed by atoms with Gasteiger partial charge in [0.2, 0.25) is 5.95 Å². The van der Waals surface area contributed by atoms with Gasteiger partial charge in [-0.2, -0.15) is 4.39 Å². The minimum absolute atomic E-state index is 0.0155. The van der Waals surface area contributed by atoms with Gasteiger partial charge in [-0.1, -0.05) is 23.7 Å². The summed E-state index contributed by atoms with van der Waals surface area (Å²) in [7, 11) is 2.19. The number of rotatable bonds is 2. The summed E-state index contributed by atoms with van der Waals surface area (Å²) >= 11 is 5.96. The largest absolute Gasteiger partial charge is 0.382 e. The van der Waals surface area contributed by atoms with E-state index in [1.54, 1.807) is 0 Å². The van der Waals surface area contributed by atoms with Crippen molar-refractivity contribution >= 4 is 23.1 Å². The lowest BCUT2D eigenvalue weighted by atomic mass is 10.1. The summed E-state index contributed by atoms with van der Waals surface area (Å²) in [6, 6.07) is 10.7. The van der Waals surface area contributed by atoms with E-state index in [-0.39, 0.29) is 10.8 Å². The molecule has 0 amide bonds. The van der Waals surface area contributed by atoms with E-state index in [9.17, 15) is 4.39 Å². The first-order valence-corrected chi connectivity index (χ1v) is 8.09. The Hall–Kier alpha value is -1.85. The number of nitrogen functional groups attached to an aromatic ring is 1. The molecule has 23 heavy (non-hydrogen) atoms. The van der Waals surface area contributed by atoms with E-state index in [0.29, 0.717) is 17.6 Å². The molecule has 1 aromatic heterocycles. The SMILES string of the molecule is CN1C[C@@H]2C[C@H]1CN2c1ccc(-c2cc(Cl)c(N)nc2F)cc1. The molecule has 2 aliphatic rings.